The molecule has 0 aromatic heterocycles. The smallest absolute Gasteiger partial charge is 0.223 e. The van der Waals surface area contributed by atoms with E-state index >= 15 is 0 Å². The fourth-order valence-electron chi connectivity index (χ4n) is 2.68. The van der Waals surface area contributed by atoms with E-state index in [2.05, 4.69) is 24.1 Å². The van der Waals surface area contributed by atoms with Gasteiger partial charge in [0.1, 0.15) is 12.4 Å². The van der Waals surface area contributed by atoms with Gasteiger partial charge in [0.15, 0.2) is 0 Å². The summed E-state index contributed by atoms with van der Waals surface area (Å²) >= 11 is 0. The summed E-state index contributed by atoms with van der Waals surface area (Å²) in [6.07, 6.45) is 1.92. The minimum Gasteiger partial charge on any atom is -0.492 e. The van der Waals surface area contributed by atoms with Gasteiger partial charge in [-0.1, -0.05) is 18.2 Å². The largest absolute Gasteiger partial charge is 0.492 e. The lowest BCUT2D eigenvalue weighted by molar-refractivity contribution is -0.126. The van der Waals surface area contributed by atoms with Gasteiger partial charge in [-0.3, -0.25) is 4.79 Å². The summed E-state index contributed by atoms with van der Waals surface area (Å²) in [5.41, 5.74) is 0. The molecule has 1 aliphatic heterocycles. The van der Waals surface area contributed by atoms with E-state index < -0.39 is 0 Å². The maximum Gasteiger partial charge on any atom is 0.223 e. The molecule has 1 heterocycles. The van der Waals surface area contributed by atoms with Crippen LogP contribution in [0.25, 0.3) is 0 Å². The van der Waals surface area contributed by atoms with Crippen molar-refractivity contribution in [1.29, 1.82) is 0 Å². The number of carbonyl (C=O) groups is 1. The number of ether oxygens (including phenoxy) is 1. The first-order valence-electron chi connectivity index (χ1n) is 7.86. The highest BCUT2D eigenvalue weighted by Gasteiger charge is 2.25. The second-order valence-corrected chi connectivity index (χ2v) is 5.86. The standard InChI is InChI=1S/C17H26N2O2/c1-14(2)19-11-8-15(9-12-19)17(20)18-10-13-21-16-6-4-3-5-7-16/h3-7,14-15H,8-13H2,1-2H3,(H,18,20). The molecule has 1 N–H and O–H groups in total. The normalized spacial score (nSPS) is 16.9. The molecule has 4 heteroatoms. The van der Waals surface area contributed by atoms with Crippen LogP contribution in [0, 0.1) is 5.92 Å². The molecule has 1 aromatic rings. The van der Waals surface area contributed by atoms with E-state index in [1.54, 1.807) is 0 Å². The Kier molecular flexibility index (Phi) is 6.05. The lowest BCUT2D eigenvalue weighted by Gasteiger charge is -2.33. The number of hydrogen-bond acceptors (Lipinski definition) is 3. The van der Waals surface area contributed by atoms with Crippen molar-refractivity contribution >= 4 is 5.91 Å². The quantitative estimate of drug-likeness (QED) is 0.817. The Balaban J connectivity index is 1.62. The molecule has 4 nitrogen and oxygen atoms in total. The summed E-state index contributed by atoms with van der Waals surface area (Å²) in [7, 11) is 0. The molecule has 0 radical (unpaired) electrons. The van der Waals surface area contributed by atoms with E-state index in [1.807, 2.05) is 30.3 Å². The lowest BCUT2D eigenvalue weighted by Crippen LogP contribution is -2.43. The van der Waals surface area contributed by atoms with Gasteiger partial charge in [-0.05, 0) is 51.9 Å². The molecule has 0 spiro atoms. The Morgan fingerprint density at radius 3 is 2.57 bits per heavy atom. The minimum atomic E-state index is 0.164. The predicted molar refractivity (Wildman–Crippen MR) is 84.4 cm³/mol. The van der Waals surface area contributed by atoms with Crippen molar-refractivity contribution in [2.45, 2.75) is 32.7 Å². The van der Waals surface area contributed by atoms with Crippen molar-refractivity contribution in [3.63, 3.8) is 0 Å². The topological polar surface area (TPSA) is 41.6 Å². The Labute approximate surface area is 127 Å². The van der Waals surface area contributed by atoms with E-state index in [-0.39, 0.29) is 11.8 Å². The number of carbonyl (C=O) groups excluding carboxylic acids is 1. The summed E-state index contributed by atoms with van der Waals surface area (Å²) in [5, 5.41) is 2.98. The molecular weight excluding hydrogens is 264 g/mol. The van der Waals surface area contributed by atoms with Gasteiger partial charge in [-0.25, -0.2) is 0 Å². The van der Waals surface area contributed by atoms with Gasteiger partial charge in [0, 0.05) is 12.0 Å². The summed E-state index contributed by atoms with van der Waals surface area (Å²) in [4.78, 5) is 14.5. The Bertz CT molecular complexity index is 426. The lowest BCUT2D eigenvalue weighted by atomic mass is 9.95. The van der Waals surface area contributed by atoms with E-state index in [0.717, 1.165) is 31.7 Å². The van der Waals surface area contributed by atoms with Crippen LogP contribution in [0.1, 0.15) is 26.7 Å². The first kappa shape index (κ1) is 15.8. The highest BCUT2D eigenvalue weighted by atomic mass is 16.5. The fraction of sp³-hybridized carbons (Fsp3) is 0.588. The van der Waals surface area contributed by atoms with Crippen LogP contribution in [0.15, 0.2) is 30.3 Å². The second-order valence-electron chi connectivity index (χ2n) is 5.86. The zero-order valence-electron chi connectivity index (χ0n) is 13.0. The third-order valence-electron chi connectivity index (χ3n) is 4.04. The second kappa shape index (κ2) is 8.03. The molecule has 1 amide bonds. The molecule has 0 aliphatic carbocycles. The number of nitrogens with zero attached hydrogens (tertiary/aromatic N) is 1. The number of benzene rings is 1. The molecule has 0 unspecified atom stereocenters. The third kappa shape index (κ3) is 5.05. The minimum absolute atomic E-state index is 0.164. The summed E-state index contributed by atoms with van der Waals surface area (Å²) in [5.74, 6) is 1.18. The van der Waals surface area contributed by atoms with E-state index in [4.69, 9.17) is 4.74 Å². The fourth-order valence-corrected chi connectivity index (χ4v) is 2.68. The molecule has 116 valence electrons. The van der Waals surface area contributed by atoms with Gasteiger partial charge in [-0.15, -0.1) is 0 Å². The van der Waals surface area contributed by atoms with Crippen LogP contribution in [0.4, 0.5) is 0 Å². The van der Waals surface area contributed by atoms with Gasteiger partial charge < -0.3 is 15.0 Å². The van der Waals surface area contributed by atoms with Crippen LogP contribution in [0.3, 0.4) is 0 Å². The Morgan fingerprint density at radius 2 is 1.95 bits per heavy atom. The van der Waals surface area contributed by atoms with Crippen LogP contribution < -0.4 is 10.1 Å². The first-order valence-corrected chi connectivity index (χ1v) is 7.86. The van der Waals surface area contributed by atoms with Crippen molar-refractivity contribution in [1.82, 2.24) is 10.2 Å². The number of nitrogens with one attached hydrogen (secondary N) is 1. The molecule has 1 aliphatic rings. The van der Waals surface area contributed by atoms with Crippen molar-refractivity contribution in [2.75, 3.05) is 26.2 Å². The third-order valence-corrected chi connectivity index (χ3v) is 4.04. The predicted octanol–water partition coefficient (Wildman–Crippen LogP) is 2.30. The van der Waals surface area contributed by atoms with E-state index in [1.165, 1.54) is 0 Å². The number of piperidine rings is 1. The molecule has 2 rings (SSSR count). The van der Waals surface area contributed by atoms with Crippen LogP contribution >= 0.6 is 0 Å². The number of likely N-dealkylation sites (tertiary alicyclic amines) is 1. The molecule has 21 heavy (non-hydrogen) atoms. The molecule has 0 bridgehead atoms. The SMILES string of the molecule is CC(C)N1CCC(C(=O)NCCOc2ccccc2)CC1. The van der Waals surface area contributed by atoms with Gasteiger partial charge in [0.2, 0.25) is 5.91 Å². The van der Waals surface area contributed by atoms with Crippen LogP contribution in [-0.2, 0) is 4.79 Å². The number of hydrogen-bond donors (Lipinski definition) is 1. The first-order chi connectivity index (χ1) is 10.2. The monoisotopic (exact) mass is 290 g/mol. The molecule has 0 atom stereocenters. The maximum absolute atomic E-state index is 12.1. The van der Waals surface area contributed by atoms with Crippen molar-refractivity contribution < 1.29 is 9.53 Å². The number of para-hydroxylation sites is 1. The summed E-state index contributed by atoms with van der Waals surface area (Å²) in [6, 6.07) is 10.3. The number of rotatable bonds is 6. The maximum atomic E-state index is 12.1. The molecular formula is C17H26N2O2. The number of amides is 1. The van der Waals surface area contributed by atoms with Crippen molar-refractivity contribution in [3.8, 4) is 5.75 Å². The average Bonchev–Trinajstić information content (AvgIpc) is 2.52. The zero-order chi connectivity index (χ0) is 15.1. The van der Waals surface area contributed by atoms with Gasteiger partial charge >= 0.3 is 0 Å². The highest BCUT2D eigenvalue weighted by molar-refractivity contribution is 5.78. The average molecular weight is 290 g/mol. The molecule has 1 aromatic carbocycles. The Hall–Kier alpha value is -1.55. The van der Waals surface area contributed by atoms with Crippen LogP contribution in [-0.4, -0.2) is 43.1 Å². The van der Waals surface area contributed by atoms with Gasteiger partial charge in [0.25, 0.3) is 0 Å². The van der Waals surface area contributed by atoms with E-state index in [9.17, 15) is 4.79 Å². The Morgan fingerprint density at radius 1 is 1.29 bits per heavy atom. The summed E-state index contributed by atoms with van der Waals surface area (Å²) < 4.78 is 5.57. The van der Waals surface area contributed by atoms with Crippen molar-refractivity contribution in [2.24, 2.45) is 5.92 Å². The molecule has 1 fully saturated rings. The van der Waals surface area contributed by atoms with Gasteiger partial charge in [0.05, 0.1) is 6.54 Å². The highest BCUT2D eigenvalue weighted by Crippen LogP contribution is 2.18. The molecule has 1 saturated heterocycles. The molecule has 0 saturated carbocycles. The van der Waals surface area contributed by atoms with Gasteiger partial charge in [-0.2, -0.15) is 0 Å². The van der Waals surface area contributed by atoms with E-state index in [0.29, 0.717) is 19.2 Å². The zero-order valence-corrected chi connectivity index (χ0v) is 13.0. The summed E-state index contributed by atoms with van der Waals surface area (Å²) in [6.45, 7) is 7.55. The van der Waals surface area contributed by atoms with Crippen LogP contribution in [0.5, 0.6) is 5.75 Å². The van der Waals surface area contributed by atoms with Crippen molar-refractivity contribution in [3.05, 3.63) is 30.3 Å². The van der Waals surface area contributed by atoms with Crippen LogP contribution in [0.2, 0.25) is 0 Å².